The number of benzene rings is 1. The Kier molecular flexibility index (Phi) is 3.96. The van der Waals surface area contributed by atoms with Gasteiger partial charge in [0, 0.05) is 29.6 Å². The zero-order valence-electron chi connectivity index (χ0n) is 12.8. The molecule has 1 aromatic carbocycles. The first-order valence-electron chi connectivity index (χ1n) is 7.72. The molecule has 0 saturated heterocycles. The molecule has 120 valence electrons. The second-order valence-electron chi connectivity index (χ2n) is 5.49. The van der Waals surface area contributed by atoms with E-state index in [0.29, 0.717) is 5.02 Å². The van der Waals surface area contributed by atoms with Gasteiger partial charge in [0.1, 0.15) is 18.0 Å². The average molecular weight is 339 g/mol. The van der Waals surface area contributed by atoms with Crippen LogP contribution in [-0.4, -0.2) is 31.5 Å². The number of nitrogens with zero attached hydrogens (tertiary/aromatic N) is 4. The predicted molar refractivity (Wildman–Crippen MR) is 95.2 cm³/mol. The number of hydrogen-bond acceptors (Lipinski definition) is 5. The van der Waals surface area contributed by atoms with Crippen molar-refractivity contribution in [1.82, 2.24) is 24.9 Å². The van der Waals surface area contributed by atoms with Gasteiger partial charge in [-0.2, -0.15) is 0 Å². The van der Waals surface area contributed by atoms with Crippen molar-refractivity contribution < 1.29 is 0 Å². The van der Waals surface area contributed by atoms with E-state index in [1.165, 1.54) is 0 Å². The molecule has 0 radical (unpaired) electrons. The van der Waals surface area contributed by atoms with E-state index in [2.05, 4.69) is 30.2 Å². The quantitative estimate of drug-likeness (QED) is 0.543. The van der Waals surface area contributed by atoms with Crippen molar-refractivity contribution in [2.24, 2.45) is 0 Å². The van der Waals surface area contributed by atoms with Crippen LogP contribution in [0.2, 0.25) is 5.02 Å². The fourth-order valence-corrected chi connectivity index (χ4v) is 2.84. The number of aromatic nitrogens is 5. The largest absolute Gasteiger partial charge is 0.369 e. The van der Waals surface area contributed by atoms with Crippen molar-refractivity contribution in [3.63, 3.8) is 0 Å². The van der Waals surface area contributed by atoms with Crippen molar-refractivity contribution in [1.29, 1.82) is 0 Å². The summed E-state index contributed by atoms with van der Waals surface area (Å²) in [7, 11) is 0. The molecule has 0 atom stereocenters. The van der Waals surface area contributed by atoms with Crippen molar-refractivity contribution in [2.45, 2.75) is 12.8 Å². The van der Waals surface area contributed by atoms with E-state index in [1.807, 2.05) is 24.3 Å². The van der Waals surface area contributed by atoms with Crippen molar-refractivity contribution in [3.8, 4) is 0 Å². The number of aromatic amines is 1. The minimum absolute atomic E-state index is 0.712. The predicted octanol–water partition coefficient (Wildman–Crippen LogP) is 3.60. The smallest absolute Gasteiger partial charge is 0.137 e. The zero-order chi connectivity index (χ0) is 16.4. The van der Waals surface area contributed by atoms with Crippen molar-refractivity contribution in [2.75, 3.05) is 11.9 Å². The monoisotopic (exact) mass is 338 g/mol. The summed E-state index contributed by atoms with van der Waals surface area (Å²) >= 11 is 6.00. The second kappa shape index (κ2) is 6.41. The van der Waals surface area contributed by atoms with Gasteiger partial charge in [0.2, 0.25) is 0 Å². The van der Waals surface area contributed by atoms with E-state index in [4.69, 9.17) is 11.6 Å². The van der Waals surface area contributed by atoms with Crippen LogP contribution in [0.5, 0.6) is 0 Å². The highest BCUT2D eigenvalue weighted by molar-refractivity contribution is 6.31. The topological polar surface area (TPSA) is 79.4 Å². The Bertz CT molecular complexity index is 991. The van der Waals surface area contributed by atoms with Gasteiger partial charge in [0.25, 0.3) is 0 Å². The molecule has 3 aromatic heterocycles. The Hall–Kier alpha value is -2.73. The number of hydrogen-bond donors (Lipinski definition) is 2. The number of halogens is 1. The Balaban J connectivity index is 1.40. The molecule has 0 amide bonds. The summed E-state index contributed by atoms with van der Waals surface area (Å²) in [6, 6.07) is 7.59. The number of imidazole rings is 1. The fraction of sp³-hybridized carbons (Fsp3) is 0.176. The maximum atomic E-state index is 6.00. The van der Waals surface area contributed by atoms with E-state index in [9.17, 15) is 0 Å². The summed E-state index contributed by atoms with van der Waals surface area (Å²) < 4.78 is 0. The van der Waals surface area contributed by atoms with E-state index >= 15 is 0 Å². The van der Waals surface area contributed by atoms with Crippen molar-refractivity contribution in [3.05, 3.63) is 53.8 Å². The van der Waals surface area contributed by atoms with Crippen LogP contribution < -0.4 is 5.32 Å². The molecular formula is C17H15ClN6. The van der Waals surface area contributed by atoms with Crippen LogP contribution in [0.3, 0.4) is 0 Å². The SMILES string of the molecule is Clc1ccc2nc(CCCNc3ncnc4cnccc34)[nH]c2c1. The van der Waals surface area contributed by atoms with Crippen LogP contribution >= 0.6 is 11.6 Å². The van der Waals surface area contributed by atoms with Crippen LogP contribution in [-0.2, 0) is 6.42 Å². The summed E-state index contributed by atoms with van der Waals surface area (Å²) in [5, 5.41) is 5.05. The van der Waals surface area contributed by atoms with Gasteiger partial charge in [0.15, 0.2) is 0 Å². The molecule has 0 aliphatic carbocycles. The Morgan fingerprint density at radius 3 is 3.04 bits per heavy atom. The lowest BCUT2D eigenvalue weighted by atomic mass is 10.2. The van der Waals surface area contributed by atoms with Crippen LogP contribution in [0.25, 0.3) is 21.9 Å². The normalized spacial score (nSPS) is 11.2. The molecule has 0 aliphatic heterocycles. The molecule has 0 spiro atoms. The molecule has 0 saturated carbocycles. The summed E-state index contributed by atoms with van der Waals surface area (Å²) in [5.41, 5.74) is 2.75. The summed E-state index contributed by atoms with van der Waals surface area (Å²) in [6.07, 6.45) is 6.82. The van der Waals surface area contributed by atoms with Gasteiger partial charge in [-0.25, -0.2) is 15.0 Å². The molecule has 3 heterocycles. The van der Waals surface area contributed by atoms with Gasteiger partial charge in [-0.3, -0.25) is 4.98 Å². The fourth-order valence-electron chi connectivity index (χ4n) is 2.66. The van der Waals surface area contributed by atoms with E-state index in [-0.39, 0.29) is 0 Å². The zero-order valence-corrected chi connectivity index (χ0v) is 13.6. The molecule has 0 bridgehead atoms. The summed E-state index contributed by atoms with van der Waals surface area (Å²) in [4.78, 5) is 20.5. The molecule has 2 N–H and O–H groups in total. The highest BCUT2D eigenvalue weighted by Crippen LogP contribution is 2.19. The molecule has 0 unspecified atom stereocenters. The number of H-pyrrole nitrogens is 1. The van der Waals surface area contributed by atoms with Crippen LogP contribution in [0, 0.1) is 0 Å². The minimum Gasteiger partial charge on any atom is -0.369 e. The number of fused-ring (bicyclic) bond motifs is 2. The van der Waals surface area contributed by atoms with Gasteiger partial charge in [-0.1, -0.05) is 11.6 Å². The molecule has 24 heavy (non-hydrogen) atoms. The van der Waals surface area contributed by atoms with Gasteiger partial charge in [0.05, 0.1) is 22.7 Å². The van der Waals surface area contributed by atoms with Crippen molar-refractivity contribution >= 4 is 39.4 Å². The summed E-state index contributed by atoms with van der Waals surface area (Å²) in [6.45, 7) is 0.798. The summed E-state index contributed by atoms with van der Waals surface area (Å²) in [5.74, 6) is 1.80. The van der Waals surface area contributed by atoms with E-state index in [1.54, 1.807) is 18.7 Å². The lowest BCUT2D eigenvalue weighted by Crippen LogP contribution is -2.06. The molecule has 4 aromatic rings. The van der Waals surface area contributed by atoms with E-state index in [0.717, 1.165) is 53.0 Å². The highest BCUT2D eigenvalue weighted by Gasteiger charge is 2.05. The van der Waals surface area contributed by atoms with Gasteiger partial charge in [-0.05, 0) is 30.7 Å². The molecule has 0 fully saturated rings. The third-order valence-electron chi connectivity index (χ3n) is 3.81. The maximum Gasteiger partial charge on any atom is 0.137 e. The van der Waals surface area contributed by atoms with E-state index < -0.39 is 0 Å². The number of aryl methyl sites for hydroxylation is 1. The van der Waals surface area contributed by atoms with Crippen LogP contribution in [0.1, 0.15) is 12.2 Å². The molecule has 6 nitrogen and oxygen atoms in total. The molecule has 0 aliphatic rings. The lowest BCUT2D eigenvalue weighted by molar-refractivity contribution is 0.818. The second-order valence-corrected chi connectivity index (χ2v) is 5.93. The Labute approximate surface area is 143 Å². The number of nitrogens with one attached hydrogen (secondary N) is 2. The number of rotatable bonds is 5. The first kappa shape index (κ1) is 14.8. The maximum absolute atomic E-state index is 6.00. The minimum atomic E-state index is 0.712. The van der Waals surface area contributed by atoms with Crippen LogP contribution in [0.4, 0.5) is 5.82 Å². The average Bonchev–Trinajstić information content (AvgIpc) is 3.00. The third kappa shape index (κ3) is 3.00. The van der Waals surface area contributed by atoms with Crippen LogP contribution in [0.15, 0.2) is 43.0 Å². The molecule has 7 heteroatoms. The lowest BCUT2D eigenvalue weighted by Gasteiger charge is -2.07. The molecule has 4 rings (SSSR count). The number of pyridine rings is 1. The highest BCUT2D eigenvalue weighted by atomic mass is 35.5. The van der Waals surface area contributed by atoms with Gasteiger partial charge in [-0.15, -0.1) is 0 Å². The third-order valence-corrected chi connectivity index (χ3v) is 4.05. The standard InChI is InChI=1S/C17H15ClN6/c18-11-3-4-13-14(8-11)24-16(23-13)2-1-6-20-17-12-5-7-19-9-15(12)21-10-22-17/h3-5,7-10H,1-2,6H2,(H,23,24)(H,20,21,22). The molecular weight excluding hydrogens is 324 g/mol. The first-order chi connectivity index (χ1) is 11.8. The van der Waals surface area contributed by atoms with Gasteiger partial charge < -0.3 is 10.3 Å². The Morgan fingerprint density at radius 1 is 1.12 bits per heavy atom. The Morgan fingerprint density at radius 2 is 2.08 bits per heavy atom. The first-order valence-corrected chi connectivity index (χ1v) is 8.10. The van der Waals surface area contributed by atoms with Gasteiger partial charge >= 0.3 is 0 Å². The number of anilines is 1.